The van der Waals surface area contributed by atoms with Gasteiger partial charge < -0.3 is 10.3 Å². The van der Waals surface area contributed by atoms with E-state index in [0.29, 0.717) is 21.8 Å². The number of halogens is 2. The summed E-state index contributed by atoms with van der Waals surface area (Å²) < 4.78 is 19.1. The maximum Gasteiger partial charge on any atom is 0.231 e. The van der Waals surface area contributed by atoms with Crippen molar-refractivity contribution in [3.05, 3.63) is 34.4 Å². The lowest BCUT2D eigenvalue weighted by Crippen LogP contribution is -2.22. The van der Waals surface area contributed by atoms with Crippen LogP contribution in [0.1, 0.15) is 25.7 Å². The van der Waals surface area contributed by atoms with Gasteiger partial charge in [-0.25, -0.2) is 4.39 Å². The van der Waals surface area contributed by atoms with Gasteiger partial charge in [0.05, 0.1) is 5.92 Å². The van der Waals surface area contributed by atoms with Gasteiger partial charge in [-0.05, 0) is 25.1 Å². The van der Waals surface area contributed by atoms with Crippen LogP contribution in [0.4, 0.5) is 4.39 Å². The molecule has 0 saturated carbocycles. The highest BCUT2D eigenvalue weighted by Crippen LogP contribution is 2.28. The fourth-order valence-corrected chi connectivity index (χ4v) is 1.85. The van der Waals surface area contributed by atoms with Crippen LogP contribution < -0.4 is 5.73 Å². The molecule has 0 aliphatic carbocycles. The SMILES string of the molecule is CC(N)C(C)c1nc(-c2cc(F)ccc2Br)no1. The van der Waals surface area contributed by atoms with Crippen LogP contribution in [0.25, 0.3) is 11.4 Å². The second-order valence-corrected chi connectivity index (χ2v) is 5.08. The maximum atomic E-state index is 13.2. The van der Waals surface area contributed by atoms with Crippen molar-refractivity contribution in [1.82, 2.24) is 10.1 Å². The molecular weight excluding hydrogens is 301 g/mol. The van der Waals surface area contributed by atoms with E-state index in [1.165, 1.54) is 12.1 Å². The Balaban J connectivity index is 2.38. The Morgan fingerprint density at radius 2 is 2.11 bits per heavy atom. The molecule has 96 valence electrons. The molecule has 2 N–H and O–H groups in total. The van der Waals surface area contributed by atoms with E-state index in [9.17, 15) is 4.39 Å². The van der Waals surface area contributed by atoms with Crippen LogP contribution in [0.5, 0.6) is 0 Å². The Kier molecular flexibility index (Phi) is 3.77. The summed E-state index contributed by atoms with van der Waals surface area (Å²) in [6.07, 6.45) is 0. The molecule has 0 saturated heterocycles. The second kappa shape index (κ2) is 5.16. The average Bonchev–Trinajstić information content (AvgIpc) is 2.80. The van der Waals surface area contributed by atoms with E-state index in [0.717, 1.165) is 0 Å². The predicted octanol–water partition coefficient (Wildman–Crippen LogP) is 3.09. The quantitative estimate of drug-likeness (QED) is 0.945. The Labute approximate surface area is 113 Å². The predicted molar refractivity (Wildman–Crippen MR) is 69.5 cm³/mol. The molecule has 0 spiro atoms. The highest BCUT2D eigenvalue weighted by Gasteiger charge is 2.19. The first-order valence-electron chi connectivity index (χ1n) is 5.53. The van der Waals surface area contributed by atoms with Gasteiger partial charge in [-0.3, -0.25) is 0 Å². The van der Waals surface area contributed by atoms with Gasteiger partial charge in [0.25, 0.3) is 0 Å². The topological polar surface area (TPSA) is 64.9 Å². The van der Waals surface area contributed by atoms with Crippen molar-refractivity contribution in [3.63, 3.8) is 0 Å². The average molecular weight is 314 g/mol. The smallest absolute Gasteiger partial charge is 0.231 e. The summed E-state index contributed by atoms with van der Waals surface area (Å²) >= 11 is 3.33. The van der Waals surface area contributed by atoms with Crippen molar-refractivity contribution in [1.29, 1.82) is 0 Å². The number of nitrogens with zero attached hydrogens (tertiary/aromatic N) is 2. The molecule has 2 atom stereocenters. The molecule has 0 bridgehead atoms. The normalized spacial score (nSPS) is 14.5. The summed E-state index contributed by atoms with van der Waals surface area (Å²) in [6, 6.07) is 4.23. The largest absolute Gasteiger partial charge is 0.339 e. The van der Waals surface area contributed by atoms with Crippen LogP contribution in [0, 0.1) is 5.82 Å². The zero-order chi connectivity index (χ0) is 13.3. The van der Waals surface area contributed by atoms with Gasteiger partial charge in [0.2, 0.25) is 11.7 Å². The van der Waals surface area contributed by atoms with E-state index in [1.807, 2.05) is 13.8 Å². The molecule has 0 aliphatic rings. The van der Waals surface area contributed by atoms with E-state index in [4.69, 9.17) is 10.3 Å². The number of rotatable bonds is 3. The van der Waals surface area contributed by atoms with Crippen LogP contribution in [-0.2, 0) is 0 Å². The van der Waals surface area contributed by atoms with Gasteiger partial charge in [0.1, 0.15) is 5.82 Å². The van der Waals surface area contributed by atoms with E-state index >= 15 is 0 Å². The molecule has 1 aromatic carbocycles. The number of hydrogen-bond acceptors (Lipinski definition) is 4. The fourth-order valence-electron chi connectivity index (χ4n) is 1.42. The van der Waals surface area contributed by atoms with Crippen LogP contribution in [0.3, 0.4) is 0 Å². The van der Waals surface area contributed by atoms with Gasteiger partial charge in [-0.1, -0.05) is 28.0 Å². The number of hydrogen-bond donors (Lipinski definition) is 1. The standard InChI is InChI=1S/C12H13BrFN3O/c1-6(7(2)15)12-16-11(17-18-12)9-5-8(14)3-4-10(9)13/h3-7H,15H2,1-2H3. The molecule has 18 heavy (non-hydrogen) atoms. The Bertz CT molecular complexity index is 556. The summed E-state index contributed by atoms with van der Waals surface area (Å²) in [7, 11) is 0. The number of benzene rings is 1. The van der Waals surface area contributed by atoms with Crippen molar-refractivity contribution in [3.8, 4) is 11.4 Å². The summed E-state index contributed by atoms with van der Waals surface area (Å²) in [5.41, 5.74) is 6.33. The van der Waals surface area contributed by atoms with Crippen LogP contribution >= 0.6 is 15.9 Å². The fraction of sp³-hybridized carbons (Fsp3) is 0.333. The zero-order valence-electron chi connectivity index (χ0n) is 10.0. The lowest BCUT2D eigenvalue weighted by molar-refractivity contribution is 0.346. The van der Waals surface area contributed by atoms with Crippen LogP contribution in [0.15, 0.2) is 27.2 Å². The third-order valence-corrected chi connectivity index (χ3v) is 3.48. The molecule has 6 heteroatoms. The molecule has 1 aromatic heterocycles. The van der Waals surface area contributed by atoms with Gasteiger partial charge in [-0.2, -0.15) is 4.98 Å². The third-order valence-electron chi connectivity index (χ3n) is 2.79. The first kappa shape index (κ1) is 13.2. The van der Waals surface area contributed by atoms with Gasteiger partial charge in [0.15, 0.2) is 0 Å². The summed E-state index contributed by atoms with van der Waals surface area (Å²) in [6.45, 7) is 3.77. The monoisotopic (exact) mass is 313 g/mol. The first-order chi connectivity index (χ1) is 8.49. The van der Waals surface area contributed by atoms with Crippen molar-refractivity contribution in [2.75, 3.05) is 0 Å². The van der Waals surface area contributed by atoms with Crippen LogP contribution in [0.2, 0.25) is 0 Å². The minimum atomic E-state index is -0.347. The Morgan fingerprint density at radius 3 is 2.78 bits per heavy atom. The summed E-state index contributed by atoms with van der Waals surface area (Å²) in [5, 5.41) is 3.85. The number of nitrogens with two attached hydrogens (primary N) is 1. The molecule has 0 aliphatic heterocycles. The van der Waals surface area contributed by atoms with E-state index < -0.39 is 0 Å². The lowest BCUT2D eigenvalue weighted by Gasteiger charge is -2.09. The molecule has 2 unspecified atom stereocenters. The molecule has 0 amide bonds. The highest BCUT2D eigenvalue weighted by molar-refractivity contribution is 9.10. The highest BCUT2D eigenvalue weighted by atomic mass is 79.9. The molecule has 2 aromatic rings. The first-order valence-corrected chi connectivity index (χ1v) is 6.33. The zero-order valence-corrected chi connectivity index (χ0v) is 11.6. The van der Waals surface area contributed by atoms with E-state index in [1.54, 1.807) is 6.07 Å². The van der Waals surface area contributed by atoms with Crippen molar-refractivity contribution in [2.45, 2.75) is 25.8 Å². The molecule has 1 heterocycles. The lowest BCUT2D eigenvalue weighted by atomic mass is 10.1. The van der Waals surface area contributed by atoms with Crippen molar-refractivity contribution in [2.24, 2.45) is 5.73 Å². The third kappa shape index (κ3) is 2.59. The second-order valence-electron chi connectivity index (χ2n) is 4.23. The van der Waals surface area contributed by atoms with Gasteiger partial charge >= 0.3 is 0 Å². The molecule has 2 rings (SSSR count). The maximum absolute atomic E-state index is 13.2. The Morgan fingerprint density at radius 1 is 1.39 bits per heavy atom. The van der Waals surface area contributed by atoms with Gasteiger partial charge in [0, 0.05) is 16.1 Å². The van der Waals surface area contributed by atoms with Crippen molar-refractivity contribution >= 4 is 15.9 Å². The number of aromatic nitrogens is 2. The molecule has 0 radical (unpaired) electrons. The minimum Gasteiger partial charge on any atom is -0.339 e. The molecule has 4 nitrogen and oxygen atoms in total. The van der Waals surface area contributed by atoms with E-state index in [-0.39, 0.29) is 17.8 Å². The Hall–Kier alpha value is -1.27. The minimum absolute atomic E-state index is 0.0430. The summed E-state index contributed by atoms with van der Waals surface area (Å²) in [4.78, 5) is 4.25. The van der Waals surface area contributed by atoms with Crippen LogP contribution in [-0.4, -0.2) is 16.2 Å². The van der Waals surface area contributed by atoms with Gasteiger partial charge in [-0.15, -0.1) is 0 Å². The summed E-state index contributed by atoms with van der Waals surface area (Å²) in [5.74, 6) is 0.415. The molecular formula is C12H13BrFN3O. The van der Waals surface area contributed by atoms with Crippen molar-refractivity contribution < 1.29 is 8.91 Å². The molecule has 0 fully saturated rings. The van der Waals surface area contributed by atoms with E-state index in [2.05, 4.69) is 26.1 Å².